The van der Waals surface area contributed by atoms with Gasteiger partial charge in [-0.25, -0.2) is 0 Å². The molecule has 0 bridgehead atoms. The van der Waals surface area contributed by atoms with Gasteiger partial charge in [0.15, 0.2) is 0 Å². The van der Waals surface area contributed by atoms with E-state index in [1.807, 2.05) is 0 Å². The quantitative estimate of drug-likeness (QED) is 0.723. The lowest BCUT2D eigenvalue weighted by atomic mass is 10.2. The van der Waals surface area contributed by atoms with Gasteiger partial charge < -0.3 is 0 Å². The van der Waals surface area contributed by atoms with E-state index in [1.165, 1.54) is 39.5 Å². The van der Waals surface area contributed by atoms with E-state index in [1.54, 1.807) is 0 Å². The number of hydrogen-bond donors (Lipinski definition) is 0. The minimum absolute atomic E-state index is 1.11. The number of halogens is 2. The van der Waals surface area contributed by atoms with Crippen molar-refractivity contribution in [2.45, 2.75) is 19.4 Å². The van der Waals surface area contributed by atoms with Crippen molar-refractivity contribution in [1.82, 2.24) is 4.90 Å². The van der Waals surface area contributed by atoms with Gasteiger partial charge in [-0.15, -0.1) is 0 Å². The molecule has 1 aromatic carbocycles. The third-order valence-electron chi connectivity index (χ3n) is 2.60. The molecule has 1 nitrogen and oxygen atoms in total. The first-order valence-electron chi connectivity index (χ1n) is 4.92. The molecule has 0 saturated carbocycles. The Morgan fingerprint density at radius 3 is 2.71 bits per heavy atom. The summed E-state index contributed by atoms with van der Waals surface area (Å²) in [4.78, 5) is 2.53. The van der Waals surface area contributed by atoms with Crippen molar-refractivity contribution in [3.8, 4) is 0 Å². The van der Waals surface area contributed by atoms with Gasteiger partial charge in [-0.3, -0.25) is 4.90 Å². The summed E-state index contributed by atoms with van der Waals surface area (Å²) in [6.45, 7) is 3.64. The highest BCUT2D eigenvalue weighted by atomic mass is 127. The standard InChI is InChI=1S/C11H13BrIN/c12-10-3-4-11(13)9(7-10)8-14-5-1-2-6-14/h3-4,7H,1-2,5-6,8H2. The van der Waals surface area contributed by atoms with Crippen molar-refractivity contribution in [2.75, 3.05) is 13.1 Å². The topological polar surface area (TPSA) is 3.24 Å². The maximum absolute atomic E-state index is 3.52. The van der Waals surface area contributed by atoms with Gasteiger partial charge in [0.05, 0.1) is 0 Å². The minimum Gasteiger partial charge on any atom is -0.299 e. The smallest absolute Gasteiger partial charge is 0.0244 e. The van der Waals surface area contributed by atoms with E-state index in [4.69, 9.17) is 0 Å². The maximum Gasteiger partial charge on any atom is 0.0244 e. The number of nitrogens with zero attached hydrogens (tertiary/aromatic N) is 1. The Bertz CT molecular complexity index is 321. The largest absolute Gasteiger partial charge is 0.299 e. The minimum atomic E-state index is 1.11. The molecule has 1 aliphatic rings. The van der Waals surface area contributed by atoms with E-state index in [0.29, 0.717) is 0 Å². The summed E-state index contributed by atoms with van der Waals surface area (Å²) >= 11 is 5.94. The van der Waals surface area contributed by atoms with Gasteiger partial charge in [-0.1, -0.05) is 15.9 Å². The van der Waals surface area contributed by atoms with Crippen LogP contribution in [0.25, 0.3) is 0 Å². The van der Waals surface area contributed by atoms with Crippen LogP contribution in [-0.4, -0.2) is 18.0 Å². The summed E-state index contributed by atoms with van der Waals surface area (Å²) in [5.41, 5.74) is 1.45. The zero-order valence-corrected chi connectivity index (χ0v) is 11.7. The first-order valence-corrected chi connectivity index (χ1v) is 6.79. The molecule has 1 fully saturated rings. The first-order chi connectivity index (χ1) is 6.75. The van der Waals surface area contributed by atoms with Crippen LogP contribution >= 0.6 is 38.5 Å². The highest BCUT2D eigenvalue weighted by Gasteiger charge is 2.13. The molecule has 0 spiro atoms. The Morgan fingerprint density at radius 2 is 2.00 bits per heavy atom. The molecule has 1 aromatic rings. The Labute approximate surface area is 107 Å². The van der Waals surface area contributed by atoms with Crippen molar-refractivity contribution in [3.63, 3.8) is 0 Å². The molecular formula is C11H13BrIN. The Kier molecular flexibility index (Phi) is 3.85. The highest BCUT2D eigenvalue weighted by molar-refractivity contribution is 14.1. The van der Waals surface area contributed by atoms with Crippen molar-refractivity contribution in [2.24, 2.45) is 0 Å². The fourth-order valence-electron chi connectivity index (χ4n) is 1.85. The van der Waals surface area contributed by atoms with E-state index in [-0.39, 0.29) is 0 Å². The molecule has 0 radical (unpaired) electrons. The van der Waals surface area contributed by atoms with E-state index in [9.17, 15) is 0 Å². The van der Waals surface area contributed by atoms with Gasteiger partial charge in [0.2, 0.25) is 0 Å². The maximum atomic E-state index is 3.52. The van der Waals surface area contributed by atoms with Crippen LogP contribution in [0.1, 0.15) is 18.4 Å². The molecule has 3 heteroatoms. The molecule has 1 aliphatic heterocycles. The summed E-state index contributed by atoms with van der Waals surface area (Å²) in [5, 5.41) is 0. The Balaban J connectivity index is 2.10. The Hall–Kier alpha value is 0.390. The predicted octanol–water partition coefficient (Wildman–Crippen LogP) is 3.65. The van der Waals surface area contributed by atoms with Crippen LogP contribution in [-0.2, 0) is 6.54 Å². The van der Waals surface area contributed by atoms with Gasteiger partial charge in [0.1, 0.15) is 0 Å². The van der Waals surface area contributed by atoms with Crippen LogP contribution in [0.5, 0.6) is 0 Å². The van der Waals surface area contributed by atoms with E-state index in [0.717, 1.165) is 6.54 Å². The molecule has 2 rings (SSSR count). The van der Waals surface area contributed by atoms with E-state index < -0.39 is 0 Å². The zero-order chi connectivity index (χ0) is 9.97. The number of benzene rings is 1. The molecule has 0 unspecified atom stereocenters. The van der Waals surface area contributed by atoms with E-state index >= 15 is 0 Å². The van der Waals surface area contributed by atoms with Crippen LogP contribution in [0, 0.1) is 3.57 Å². The lowest BCUT2D eigenvalue weighted by Crippen LogP contribution is -2.18. The summed E-state index contributed by atoms with van der Waals surface area (Å²) < 4.78 is 2.56. The molecular weight excluding hydrogens is 353 g/mol. The molecule has 0 amide bonds. The second-order valence-corrected chi connectivity index (χ2v) is 5.80. The second-order valence-electron chi connectivity index (χ2n) is 3.72. The van der Waals surface area contributed by atoms with Gasteiger partial charge in [-0.05, 0) is 72.3 Å². The van der Waals surface area contributed by atoms with Crippen LogP contribution in [0.4, 0.5) is 0 Å². The molecule has 1 heterocycles. The van der Waals surface area contributed by atoms with Gasteiger partial charge in [0, 0.05) is 14.6 Å². The van der Waals surface area contributed by atoms with Crippen LogP contribution < -0.4 is 0 Å². The molecule has 0 aromatic heterocycles. The second kappa shape index (κ2) is 4.94. The van der Waals surface area contributed by atoms with Crippen molar-refractivity contribution >= 4 is 38.5 Å². The number of hydrogen-bond acceptors (Lipinski definition) is 1. The van der Waals surface area contributed by atoms with Crippen molar-refractivity contribution in [3.05, 3.63) is 31.8 Å². The van der Waals surface area contributed by atoms with Crippen LogP contribution in [0.15, 0.2) is 22.7 Å². The first kappa shape index (κ1) is 10.9. The summed E-state index contributed by atoms with van der Waals surface area (Å²) in [5.74, 6) is 0. The SMILES string of the molecule is Brc1ccc(I)c(CN2CCCC2)c1. The molecule has 0 N–H and O–H groups in total. The average molecular weight is 366 g/mol. The monoisotopic (exact) mass is 365 g/mol. The van der Waals surface area contributed by atoms with E-state index in [2.05, 4.69) is 61.6 Å². The number of rotatable bonds is 2. The molecule has 14 heavy (non-hydrogen) atoms. The average Bonchev–Trinajstić information content (AvgIpc) is 2.64. The highest BCUT2D eigenvalue weighted by Crippen LogP contribution is 2.21. The molecule has 1 saturated heterocycles. The lowest BCUT2D eigenvalue weighted by Gasteiger charge is -2.15. The lowest BCUT2D eigenvalue weighted by molar-refractivity contribution is 0.330. The molecule has 0 aliphatic carbocycles. The normalized spacial score (nSPS) is 17.6. The van der Waals surface area contributed by atoms with Gasteiger partial charge in [0.25, 0.3) is 0 Å². The fourth-order valence-corrected chi connectivity index (χ4v) is 2.76. The van der Waals surface area contributed by atoms with Gasteiger partial charge >= 0.3 is 0 Å². The fraction of sp³-hybridized carbons (Fsp3) is 0.455. The molecule has 0 atom stereocenters. The van der Waals surface area contributed by atoms with Crippen molar-refractivity contribution in [1.29, 1.82) is 0 Å². The number of likely N-dealkylation sites (tertiary alicyclic amines) is 1. The third-order valence-corrected chi connectivity index (χ3v) is 4.15. The van der Waals surface area contributed by atoms with Gasteiger partial charge in [-0.2, -0.15) is 0 Å². The summed E-state index contributed by atoms with van der Waals surface area (Å²) in [6, 6.07) is 6.52. The van der Waals surface area contributed by atoms with Crippen LogP contribution in [0.3, 0.4) is 0 Å². The summed E-state index contributed by atoms with van der Waals surface area (Å²) in [7, 11) is 0. The predicted molar refractivity (Wildman–Crippen MR) is 71.4 cm³/mol. The zero-order valence-electron chi connectivity index (χ0n) is 7.97. The summed E-state index contributed by atoms with van der Waals surface area (Å²) in [6.07, 6.45) is 2.73. The molecule has 76 valence electrons. The third kappa shape index (κ3) is 2.70. The van der Waals surface area contributed by atoms with Crippen molar-refractivity contribution < 1.29 is 0 Å². The Morgan fingerprint density at radius 1 is 1.29 bits per heavy atom. The van der Waals surface area contributed by atoms with Crippen LogP contribution in [0.2, 0.25) is 0 Å².